The molecule has 1 fully saturated rings. The number of benzene rings is 1. The third-order valence-electron chi connectivity index (χ3n) is 4.16. The minimum Gasteiger partial charge on any atom is -0.458 e. The molecule has 0 aliphatic carbocycles. The number of nitrogens with one attached hydrogen (secondary N) is 1. The van der Waals surface area contributed by atoms with Crippen molar-refractivity contribution in [2.45, 2.75) is 18.9 Å². The highest BCUT2D eigenvalue weighted by molar-refractivity contribution is 6.30. The average molecular weight is 377 g/mol. The highest BCUT2D eigenvalue weighted by atomic mass is 35.5. The average Bonchev–Trinajstić information content (AvgIpc) is 3.12. The van der Waals surface area contributed by atoms with E-state index in [0.29, 0.717) is 35.3 Å². The van der Waals surface area contributed by atoms with E-state index in [0.717, 1.165) is 12.8 Å². The monoisotopic (exact) mass is 376 g/mol. The van der Waals surface area contributed by atoms with Crippen LogP contribution in [-0.2, 0) is 0 Å². The van der Waals surface area contributed by atoms with E-state index in [4.69, 9.17) is 25.8 Å². The van der Waals surface area contributed by atoms with E-state index in [1.165, 1.54) is 12.4 Å². The zero-order valence-electron chi connectivity index (χ0n) is 13.9. The number of carbonyl (C=O) groups is 1. The molecule has 1 atom stereocenters. The second-order valence-electron chi connectivity index (χ2n) is 6.01. The maximum absolute atomic E-state index is 12.5. The Balaban J connectivity index is 1.36. The normalized spacial score (nSPS) is 18.5. The van der Waals surface area contributed by atoms with Gasteiger partial charge in [-0.3, -0.25) is 0 Å². The van der Waals surface area contributed by atoms with Crippen LogP contribution in [0, 0.1) is 0 Å². The number of nitrogens with zero attached hydrogens (tertiary/aromatic N) is 3. The number of hydrogen-bond acceptors (Lipinski definition) is 6. The molecule has 136 valence electrons. The van der Waals surface area contributed by atoms with Gasteiger partial charge in [-0.2, -0.15) is 0 Å². The van der Waals surface area contributed by atoms with Crippen molar-refractivity contribution in [1.29, 1.82) is 0 Å². The van der Waals surface area contributed by atoms with Gasteiger partial charge in [0.05, 0.1) is 24.0 Å². The SMILES string of the molecule is O=C(Nc1ccc2c(c1)OCO2)N1CCC[C@H](Oc2ncc(Cl)cn2)C1. The number of halogens is 1. The molecule has 3 heterocycles. The third kappa shape index (κ3) is 3.75. The van der Waals surface area contributed by atoms with Crippen LogP contribution in [0.25, 0.3) is 0 Å². The molecule has 0 bridgehead atoms. The summed E-state index contributed by atoms with van der Waals surface area (Å²) in [6.07, 6.45) is 4.48. The molecule has 2 aromatic rings. The Morgan fingerprint density at radius 2 is 2.08 bits per heavy atom. The molecule has 1 N–H and O–H groups in total. The summed E-state index contributed by atoms with van der Waals surface area (Å²) < 4.78 is 16.4. The Hall–Kier alpha value is -2.74. The Morgan fingerprint density at radius 3 is 2.92 bits per heavy atom. The molecule has 0 radical (unpaired) electrons. The third-order valence-corrected chi connectivity index (χ3v) is 4.35. The van der Waals surface area contributed by atoms with Crippen LogP contribution in [0.3, 0.4) is 0 Å². The molecule has 2 amide bonds. The lowest BCUT2D eigenvalue weighted by Gasteiger charge is -2.32. The fourth-order valence-corrected chi connectivity index (χ4v) is 3.00. The number of carbonyl (C=O) groups excluding carboxylic acids is 1. The number of urea groups is 1. The summed E-state index contributed by atoms with van der Waals surface area (Å²) in [5, 5.41) is 3.33. The van der Waals surface area contributed by atoms with Gasteiger partial charge < -0.3 is 24.4 Å². The summed E-state index contributed by atoms with van der Waals surface area (Å²) in [5.74, 6) is 1.31. The zero-order valence-corrected chi connectivity index (χ0v) is 14.6. The number of piperidine rings is 1. The first kappa shape index (κ1) is 16.7. The van der Waals surface area contributed by atoms with Crippen molar-refractivity contribution in [3.8, 4) is 17.5 Å². The van der Waals surface area contributed by atoms with Gasteiger partial charge in [0.2, 0.25) is 6.79 Å². The summed E-state index contributed by atoms with van der Waals surface area (Å²) >= 11 is 5.77. The van der Waals surface area contributed by atoms with E-state index in [-0.39, 0.29) is 24.9 Å². The summed E-state index contributed by atoms with van der Waals surface area (Å²) in [6.45, 7) is 1.32. The molecule has 2 aliphatic heterocycles. The molecule has 0 saturated carbocycles. The molecule has 2 aliphatic rings. The molecule has 9 heteroatoms. The van der Waals surface area contributed by atoms with E-state index in [2.05, 4.69) is 15.3 Å². The van der Waals surface area contributed by atoms with Gasteiger partial charge in [0, 0.05) is 18.3 Å². The van der Waals surface area contributed by atoms with Crippen molar-refractivity contribution in [2.24, 2.45) is 0 Å². The predicted octanol–water partition coefficient (Wildman–Crippen LogP) is 2.93. The molecule has 4 rings (SSSR count). The fraction of sp³-hybridized carbons (Fsp3) is 0.353. The Bertz CT molecular complexity index is 802. The highest BCUT2D eigenvalue weighted by Gasteiger charge is 2.26. The molecule has 0 spiro atoms. The van der Waals surface area contributed by atoms with Gasteiger partial charge in [-0.1, -0.05) is 11.6 Å². The topological polar surface area (TPSA) is 85.8 Å². The number of aromatic nitrogens is 2. The number of rotatable bonds is 3. The molecule has 0 unspecified atom stereocenters. The largest absolute Gasteiger partial charge is 0.458 e. The minimum absolute atomic E-state index is 0.160. The van der Waals surface area contributed by atoms with Crippen molar-refractivity contribution in [2.75, 3.05) is 25.2 Å². The molecule has 1 aromatic carbocycles. The van der Waals surface area contributed by atoms with Gasteiger partial charge in [0.25, 0.3) is 0 Å². The van der Waals surface area contributed by atoms with E-state index >= 15 is 0 Å². The van der Waals surface area contributed by atoms with Crippen LogP contribution in [0.5, 0.6) is 17.5 Å². The van der Waals surface area contributed by atoms with Crippen LogP contribution in [0.2, 0.25) is 5.02 Å². The number of likely N-dealkylation sites (tertiary alicyclic amines) is 1. The first-order valence-corrected chi connectivity index (χ1v) is 8.65. The van der Waals surface area contributed by atoms with Crippen LogP contribution < -0.4 is 19.5 Å². The number of ether oxygens (including phenoxy) is 3. The van der Waals surface area contributed by atoms with Crippen molar-refractivity contribution in [1.82, 2.24) is 14.9 Å². The number of anilines is 1. The highest BCUT2D eigenvalue weighted by Crippen LogP contribution is 2.34. The van der Waals surface area contributed by atoms with Crippen LogP contribution in [-0.4, -0.2) is 46.9 Å². The first-order valence-electron chi connectivity index (χ1n) is 8.27. The lowest BCUT2D eigenvalue weighted by molar-refractivity contribution is 0.0983. The molecule has 1 saturated heterocycles. The van der Waals surface area contributed by atoms with Crippen molar-refractivity contribution in [3.63, 3.8) is 0 Å². The van der Waals surface area contributed by atoms with Crippen molar-refractivity contribution in [3.05, 3.63) is 35.6 Å². The Kier molecular flexibility index (Phi) is 4.66. The van der Waals surface area contributed by atoms with Crippen LogP contribution >= 0.6 is 11.6 Å². The summed E-state index contributed by atoms with van der Waals surface area (Å²) in [6, 6.07) is 5.38. The van der Waals surface area contributed by atoms with Gasteiger partial charge in [0.1, 0.15) is 6.10 Å². The van der Waals surface area contributed by atoms with Crippen molar-refractivity contribution < 1.29 is 19.0 Å². The first-order chi connectivity index (χ1) is 12.7. The molecular weight excluding hydrogens is 360 g/mol. The van der Waals surface area contributed by atoms with E-state index < -0.39 is 0 Å². The van der Waals surface area contributed by atoms with E-state index in [1.807, 2.05) is 0 Å². The molecular formula is C17H17ClN4O4. The fourth-order valence-electron chi connectivity index (χ4n) is 2.91. The maximum Gasteiger partial charge on any atom is 0.321 e. The summed E-state index contributed by atoms with van der Waals surface area (Å²) in [7, 11) is 0. The zero-order chi connectivity index (χ0) is 17.9. The smallest absolute Gasteiger partial charge is 0.321 e. The second kappa shape index (κ2) is 7.25. The molecule has 8 nitrogen and oxygen atoms in total. The summed E-state index contributed by atoms with van der Waals surface area (Å²) in [5.41, 5.74) is 0.656. The summed E-state index contributed by atoms with van der Waals surface area (Å²) in [4.78, 5) is 22.3. The van der Waals surface area contributed by atoms with E-state index in [9.17, 15) is 4.79 Å². The quantitative estimate of drug-likeness (QED) is 0.886. The lowest BCUT2D eigenvalue weighted by atomic mass is 10.1. The van der Waals surface area contributed by atoms with Crippen LogP contribution in [0.4, 0.5) is 10.5 Å². The Labute approximate surface area is 155 Å². The lowest BCUT2D eigenvalue weighted by Crippen LogP contribution is -2.46. The van der Waals surface area contributed by atoms with Gasteiger partial charge in [-0.15, -0.1) is 0 Å². The van der Waals surface area contributed by atoms with Gasteiger partial charge in [-0.05, 0) is 25.0 Å². The standard InChI is InChI=1S/C17H17ClN4O4/c18-11-7-19-16(20-8-11)26-13-2-1-5-22(9-13)17(23)21-12-3-4-14-15(6-12)25-10-24-14/h3-4,6-8,13H,1-2,5,9-10H2,(H,21,23)/t13-/m0/s1. The second-order valence-corrected chi connectivity index (χ2v) is 6.45. The predicted molar refractivity (Wildman–Crippen MR) is 93.8 cm³/mol. The van der Waals surface area contributed by atoms with Crippen LogP contribution in [0.15, 0.2) is 30.6 Å². The number of hydrogen-bond donors (Lipinski definition) is 1. The number of fused-ring (bicyclic) bond motifs is 1. The number of amides is 2. The maximum atomic E-state index is 12.5. The van der Waals surface area contributed by atoms with Gasteiger partial charge >= 0.3 is 12.0 Å². The molecule has 1 aromatic heterocycles. The van der Waals surface area contributed by atoms with Crippen molar-refractivity contribution >= 4 is 23.3 Å². The Morgan fingerprint density at radius 1 is 1.27 bits per heavy atom. The van der Waals surface area contributed by atoms with Gasteiger partial charge in [0.15, 0.2) is 11.5 Å². The van der Waals surface area contributed by atoms with Crippen LogP contribution in [0.1, 0.15) is 12.8 Å². The minimum atomic E-state index is -0.186. The van der Waals surface area contributed by atoms with Gasteiger partial charge in [-0.25, -0.2) is 14.8 Å². The van der Waals surface area contributed by atoms with E-state index in [1.54, 1.807) is 23.1 Å². The molecule has 26 heavy (non-hydrogen) atoms.